The van der Waals surface area contributed by atoms with Crippen molar-refractivity contribution in [3.63, 3.8) is 0 Å². The Kier molecular flexibility index (Phi) is 2.01. The molecule has 1 saturated carbocycles. The van der Waals surface area contributed by atoms with E-state index in [-0.39, 0.29) is 0 Å². The van der Waals surface area contributed by atoms with Crippen LogP contribution in [0.5, 0.6) is 0 Å². The van der Waals surface area contributed by atoms with Crippen LogP contribution in [0.15, 0.2) is 0 Å². The van der Waals surface area contributed by atoms with E-state index in [0.717, 1.165) is 5.33 Å². The lowest BCUT2D eigenvalue weighted by Crippen LogP contribution is -2.58. The van der Waals surface area contributed by atoms with Gasteiger partial charge in [0, 0.05) is 5.33 Å². The molecule has 0 bridgehead atoms. The molecule has 1 fully saturated rings. The van der Waals surface area contributed by atoms with Gasteiger partial charge in [0.2, 0.25) is 0 Å². The van der Waals surface area contributed by atoms with Crippen molar-refractivity contribution < 1.29 is 9.90 Å². The molecule has 0 aliphatic heterocycles. The predicted molar refractivity (Wildman–Crippen MR) is 41.1 cm³/mol. The van der Waals surface area contributed by atoms with Crippen LogP contribution >= 0.6 is 15.9 Å². The van der Waals surface area contributed by atoms with Gasteiger partial charge in [-0.15, -0.1) is 0 Å². The monoisotopic (exact) mass is 207 g/mol. The van der Waals surface area contributed by atoms with Crippen molar-refractivity contribution >= 4 is 21.9 Å². The predicted octanol–water partition coefficient (Wildman–Crippen LogP) is 0.573. The molecule has 10 heavy (non-hydrogen) atoms. The summed E-state index contributed by atoms with van der Waals surface area (Å²) in [6, 6.07) is 0. The Morgan fingerprint density at radius 3 is 2.60 bits per heavy atom. The first kappa shape index (κ1) is 8.01. The number of carboxylic acid groups (broad SMARTS) is 1. The molecule has 4 heteroatoms. The number of halogens is 1. The summed E-state index contributed by atoms with van der Waals surface area (Å²) in [5, 5.41) is 9.43. The van der Waals surface area contributed by atoms with E-state index >= 15 is 0 Å². The molecule has 58 valence electrons. The van der Waals surface area contributed by atoms with E-state index in [1.807, 2.05) is 0 Å². The first-order chi connectivity index (χ1) is 4.58. The summed E-state index contributed by atoms with van der Waals surface area (Å²) >= 11 is 3.28. The number of carbonyl (C=O) groups is 1. The lowest BCUT2D eigenvalue weighted by atomic mass is 9.70. The molecule has 1 aliphatic carbocycles. The number of alkyl halides is 1. The molecule has 1 aliphatic rings. The highest BCUT2D eigenvalue weighted by Crippen LogP contribution is 2.36. The minimum atomic E-state index is -0.918. The van der Waals surface area contributed by atoms with E-state index in [4.69, 9.17) is 10.8 Å². The molecule has 0 amide bonds. The zero-order valence-corrected chi connectivity index (χ0v) is 7.10. The molecule has 0 spiro atoms. The van der Waals surface area contributed by atoms with Crippen LogP contribution in [0.3, 0.4) is 0 Å². The van der Waals surface area contributed by atoms with Crippen LogP contribution in [0.25, 0.3) is 0 Å². The van der Waals surface area contributed by atoms with Gasteiger partial charge in [-0.05, 0) is 18.8 Å². The minimum Gasteiger partial charge on any atom is -0.480 e. The molecule has 0 saturated heterocycles. The molecular weight excluding hydrogens is 198 g/mol. The lowest BCUT2D eigenvalue weighted by molar-refractivity contribution is -0.148. The van der Waals surface area contributed by atoms with Crippen molar-refractivity contribution in [1.82, 2.24) is 0 Å². The van der Waals surface area contributed by atoms with Crippen LogP contribution in [0.1, 0.15) is 12.8 Å². The van der Waals surface area contributed by atoms with Crippen molar-refractivity contribution in [2.45, 2.75) is 18.4 Å². The van der Waals surface area contributed by atoms with Gasteiger partial charge in [-0.2, -0.15) is 0 Å². The quantitative estimate of drug-likeness (QED) is 0.652. The SMILES string of the molecule is NC1(C(=O)O)CC(CBr)C1. The van der Waals surface area contributed by atoms with E-state index in [0.29, 0.717) is 18.8 Å². The first-order valence-corrected chi connectivity index (χ1v) is 4.29. The summed E-state index contributed by atoms with van der Waals surface area (Å²) in [6.45, 7) is 0. The topological polar surface area (TPSA) is 63.3 Å². The fourth-order valence-electron chi connectivity index (χ4n) is 1.25. The smallest absolute Gasteiger partial charge is 0.323 e. The van der Waals surface area contributed by atoms with Gasteiger partial charge in [0.25, 0.3) is 0 Å². The number of carboxylic acids is 1. The molecular formula is C6H10BrNO2. The highest BCUT2D eigenvalue weighted by Gasteiger charge is 2.46. The van der Waals surface area contributed by atoms with Gasteiger partial charge in [0.1, 0.15) is 5.54 Å². The number of hydrogen-bond donors (Lipinski definition) is 2. The van der Waals surface area contributed by atoms with Crippen LogP contribution in [-0.4, -0.2) is 21.9 Å². The summed E-state index contributed by atoms with van der Waals surface area (Å²) in [5.74, 6) is -0.411. The van der Waals surface area contributed by atoms with E-state index in [9.17, 15) is 4.79 Å². The third-order valence-corrected chi connectivity index (χ3v) is 2.87. The van der Waals surface area contributed by atoms with Crippen molar-refractivity contribution in [3.8, 4) is 0 Å². The van der Waals surface area contributed by atoms with Crippen LogP contribution in [0, 0.1) is 5.92 Å². The normalized spacial score (nSPS) is 38.8. The molecule has 0 radical (unpaired) electrons. The Morgan fingerprint density at radius 2 is 2.30 bits per heavy atom. The van der Waals surface area contributed by atoms with Gasteiger partial charge in [-0.3, -0.25) is 4.79 Å². The fourth-order valence-corrected chi connectivity index (χ4v) is 1.71. The van der Waals surface area contributed by atoms with Crippen LogP contribution in [0.2, 0.25) is 0 Å². The third-order valence-electron chi connectivity index (χ3n) is 1.95. The summed E-state index contributed by atoms with van der Waals surface area (Å²) in [7, 11) is 0. The van der Waals surface area contributed by atoms with Crippen LogP contribution < -0.4 is 5.73 Å². The third kappa shape index (κ3) is 1.18. The lowest BCUT2D eigenvalue weighted by Gasteiger charge is -2.40. The highest BCUT2D eigenvalue weighted by molar-refractivity contribution is 9.09. The zero-order chi connectivity index (χ0) is 7.78. The Morgan fingerprint density at radius 1 is 1.80 bits per heavy atom. The molecule has 3 nitrogen and oxygen atoms in total. The molecule has 0 unspecified atom stereocenters. The average molecular weight is 208 g/mol. The number of rotatable bonds is 2. The second-order valence-electron chi connectivity index (χ2n) is 2.89. The second-order valence-corrected chi connectivity index (χ2v) is 3.54. The maximum Gasteiger partial charge on any atom is 0.323 e. The van der Waals surface area contributed by atoms with Gasteiger partial charge in [0.05, 0.1) is 0 Å². The summed E-state index contributed by atoms with van der Waals surface area (Å²) < 4.78 is 0. The minimum absolute atomic E-state index is 0.459. The van der Waals surface area contributed by atoms with E-state index in [1.165, 1.54) is 0 Å². The summed E-state index contributed by atoms with van der Waals surface area (Å²) in [6.07, 6.45) is 1.21. The summed E-state index contributed by atoms with van der Waals surface area (Å²) in [4.78, 5) is 10.4. The molecule has 0 heterocycles. The van der Waals surface area contributed by atoms with E-state index in [2.05, 4.69) is 15.9 Å². The molecule has 3 N–H and O–H groups in total. The zero-order valence-electron chi connectivity index (χ0n) is 5.51. The van der Waals surface area contributed by atoms with Crippen LogP contribution in [0.4, 0.5) is 0 Å². The summed E-state index contributed by atoms with van der Waals surface area (Å²) in [5.41, 5.74) is 4.57. The van der Waals surface area contributed by atoms with Gasteiger partial charge in [0.15, 0.2) is 0 Å². The molecule has 0 aromatic rings. The Labute approximate surface area is 67.7 Å². The van der Waals surface area contributed by atoms with Gasteiger partial charge in [-0.25, -0.2) is 0 Å². The Balaban J connectivity index is 2.42. The standard InChI is InChI=1S/C6H10BrNO2/c7-3-4-1-6(8,2-4)5(9)10/h4H,1-3,8H2,(H,9,10). The van der Waals surface area contributed by atoms with E-state index in [1.54, 1.807) is 0 Å². The number of aliphatic carboxylic acids is 1. The maximum atomic E-state index is 10.4. The molecule has 0 atom stereocenters. The van der Waals surface area contributed by atoms with Gasteiger partial charge < -0.3 is 10.8 Å². The van der Waals surface area contributed by atoms with Crippen LogP contribution in [-0.2, 0) is 4.79 Å². The van der Waals surface area contributed by atoms with Gasteiger partial charge in [-0.1, -0.05) is 15.9 Å². The van der Waals surface area contributed by atoms with Crippen molar-refractivity contribution in [3.05, 3.63) is 0 Å². The first-order valence-electron chi connectivity index (χ1n) is 3.17. The fraction of sp³-hybridized carbons (Fsp3) is 0.833. The largest absolute Gasteiger partial charge is 0.480 e. The van der Waals surface area contributed by atoms with Gasteiger partial charge >= 0.3 is 5.97 Å². The molecule has 1 rings (SSSR count). The second kappa shape index (κ2) is 2.51. The van der Waals surface area contributed by atoms with Crippen molar-refractivity contribution in [1.29, 1.82) is 0 Å². The maximum absolute atomic E-state index is 10.4. The van der Waals surface area contributed by atoms with E-state index < -0.39 is 11.5 Å². The van der Waals surface area contributed by atoms with Crippen molar-refractivity contribution in [2.75, 3.05) is 5.33 Å². The molecule has 0 aromatic heterocycles. The highest BCUT2D eigenvalue weighted by atomic mass is 79.9. The van der Waals surface area contributed by atoms with Crippen molar-refractivity contribution in [2.24, 2.45) is 11.7 Å². The Bertz CT molecular complexity index is 154. The average Bonchev–Trinajstić information content (AvgIpc) is 1.80. The number of nitrogens with two attached hydrogens (primary N) is 1. The molecule has 0 aromatic carbocycles. The Hall–Kier alpha value is -0.0900. The number of hydrogen-bond acceptors (Lipinski definition) is 2.